The van der Waals surface area contributed by atoms with Crippen LogP contribution in [0.3, 0.4) is 0 Å². The molecule has 60 heavy (non-hydrogen) atoms. The molecule has 0 unspecified atom stereocenters. The van der Waals surface area contributed by atoms with Crippen molar-refractivity contribution in [3.8, 4) is 33.4 Å². The Morgan fingerprint density at radius 1 is 0.433 bits per heavy atom. The number of fused-ring (bicyclic) bond motifs is 6. The number of furan rings is 1. The van der Waals surface area contributed by atoms with Crippen LogP contribution in [0.5, 0.6) is 0 Å². The van der Waals surface area contributed by atoms with Crippen molar-refractivity contribution in [2.24, 2.45) is 0 Å². The number of hydrogen-bond acceptors (Lipinski definition) is 1. The second-order valence-corrected chi connectivity index (χ2v) is 15.4. The van der Waals surface area contributed by atoms with Crippen molar-refractivity contribution >= 4 is 147 Å². The maximum atomic E-state index is 7.44. The molecular formula is C52H28B7O. The maximum absolute atomic E-state index is 7.44. The molecule has 263 valence electrons. The fourth-order valence-corrected chi connectivity index (χ4v) is 8.83. The van der Waals surface area contributed by atoms with Gasteiger partial charge in [0.25, 0.3) is 0 Å². The third-order valence-corrected chi connectivity index (χ3v) is 12.0. The van der Waals surface area contributed by atoms with E-state index >= 15 is 0 Å². The zero-order valence-corrected chi connectivity index (χ0v) is 32.9. The SMILES string of the molecule is [B]C(=[B])c1c(/C([B])=C(\C)c2ccccc2)c(-c2ccc3oc4cc5ccccc5cc4c3c2)c2c([B])c([B])c([B])c([B])c2c1-c1ccc(-c2ccc3ccccc3c2)cc1. The van der Waals surface area contributed by atoms with Crippen LogP contribution in [-0.4, -0.2) is 59.9 Å². The molecule has 0 bridgehead atoms. The van der Waals surface area contributed by atoms with E-state index in [9.17, 15) is 0 Å². The molecule has 10 rings (SSSR count). The monoisotopic (exact) mass is 745 g/mol. The summed E-state index contributed by atoms with van der Waals surface area (Å²) in [5.41, 5.74) is 10.6. The first-order valence-corrected chi connectivity index (χ1v) is 19.7. The third kappa shape index (κ3) is 6.07. The Hall–Kier alpha value is -6.38. The molecule has 1 heterocycles. The molecule has 0 saturated heterocycles. The van der Waals surface area contributed by atoms with Gasteiger partial charge in [0.2, 0.25) is 0 Å². The topological polar surface area (TPSA) is 13.1 Å². The summed E-state index contributed by atoms with van der Waals surface area (Å²) in [5.74, 6) is 0. The molecule has 0 N–H and O–H groups in total. The van der Waals surface area contributed by atoms with Gasteiger partial charge in [-0.1, -0.05) is 12.1 Å². The summed E-state index contributed by atoms with van der Waals surface area (Å²) in [5, 5.41) is 7.56. The van der Waals surface area contributed by atoms with Gasteiger partial charge in [-0.3, -0.25) is 0 Å². The number of allylic oxidation sites excluding steroid dienone is 1. The molecular weight excluding hydrogens is 716 g/mol. The van der Waals surface area contributed by atoms with Gasteiger partial charge >= 0.3 is 348 Å². The van der Waals surface area contributed by atoms with E-state index in [4.69, 9.17) is 59.0 Å². The normalized spacial score (nSPS) is 12.1. The van der Waals surface area contributed by atoms with Crippen molar-refractivity contribution in [3.05, 3.63) is 168 Å². The van der Waals surface area contributed by atoms with Gasteiger partial charge in [-0.2, -0.15) is 0 Å². The molecule has 1 nitrogen and oxygen atoms in total. The van der Waals surface area contributed by atoms with E-state index in [2.05, 4.69) is 72.8 Å². The number of rotatable bonds is 6. The molecule has 0 amide bonds. The second kappa shape index (κ2) is 14.7. The van der Waals surface area contributed by atoms with Crippen LogP contribution >= 0.6 is 0 Å². The van der Waals surface area contributed by atoms with E-state index < -0.39 is 0 Å². The van der Waals surface area contributed by atoms with Crippen LogP contribution in [0.1, 0.15) is 23.6 Å². The molecule has 8 heteroatoms. The summed E-state index contributed by atoms with van der Waals surface area (Å²) >= 11 is 0. The average molecular weight is 744 g/mol. The van der Waals surface area contributed by atoms with E-state index in [1.807, 2.05) is 85.8 Å². The fraction of sp³-hybridized carbons (Fsp3) is 0.0192. The second-order valence-electron chi connectivity index (χ2n) is 15.4. The van der Waals surface area contributed by atoms with E-state index in [1.165, 1.54) is 5.39 Å². The molecule has 0 aliphatic heterocycles. The zero-order valence-electron chi connectivity index (χ0n) is 32.9. The molecule has 0 atom stereocenters. The predicted molar refractivity (Wildman–Crippen MR) is 264 cm³/mol. The van der Waals surface area contributed by atoms with Crippen molar-refractivity contribution in [2.45, 2.75) is 6.92 Å². The zero-order chi connectivity index (χ0) is 41.4. The van der Waals surface area contributed by atoms with E-state index in [0.717, 1.165) is 71.5 Å². The average Bonchev–Trinajstić information content (AvgIpc) is 3.64. The minimum absolute atomic E-state index is 0.0419. The minimum atomic E-state index is 0.0419. The van der Waals surface area contributed by atoms with Crippen LogP contribution in [0.15, 0.2) is 156 Å². The molecule has 13 radical (unpaired) electrons. The van der Waals surface area contributed by atoms with Crippen LogP contribution in [0.2, 0.25) is 0 Å². The predicted octanol–water partition coefficient (Wildman–Crippen LogP) is 8.09. The van der Waals surface area contributed by atoms with Crippen molar-refractivity contribution in [1.82, 2.24) is 0 Å². The summed E-state index contributed by atoms with van der Waals surface area (Å²) in [6, 6.07) is 51.4. The van der Waals surface area contributed by atoms with Gasteiger partial charge in [0.15, 0.2) is 0 Å². The first kappa shape index (κ1) is 37.9. The quantitative estimate of drug-likeness (QED) is 0.124. The Kier molecular flexibility index (Phi) is 9.29. The van der Waals surface area contributed by atoms with Crippen LogP contribution in [0.4, 0.5) is 0 Å². The Morgan fingerprint density at radius 3 is 1.60 bits per heavy atom. The molecule has 0 fully saturated rings. The van der Waals surface area contributed by atoms with Gasteiger partial charge < -0.3 is 0 Å². The Bertz CT molecular complexity index is 3460. The number of benzene rings is 9. The first-order valence-electron chi connectivity index (χ1n) is 19.7. The van der Waals surface area contributed by atoms with Crippen molar-refractivity contribution in [1.29, 1.82) is 0 Å². The molecule has 1 aromatic heterocycles. The molecule has 0 spiro atoms. The van der Waals surface area contributed by atoms with E-state index in [0.29, 0.717) is 38.5 Å². The van der Waals surface area contributed by atoms with Crippen molar-refractivity contribution in [3.63, 3.8) is 0 Å². The summed E-state index contributed by atoms with van der Waals surface area (Å²) in [4.78, 5) is 0. The van der Waals surface area contributed by atoms with Crippen LogP contribution in [0, 0.1) is 0 Å². The summed E-state index contributed by atoms with van der Waals surface area (Å²) in [7, 11) is 48.9. The van der Waals surface area contributed by atoms with Crippen molar-refractivity contribution in [2.75, 3.05) is 0 Å². The molecule has 10 aromatic rings. The summed E-state index contributed by atoms with van der Waals surface area (Å²) in [6.45, 7) is 1.99. The van der Waals surface area contributed by atoms with Gasteiger partial charge in [0, 0.05) is 0 Å². The van der Waals surface area contributed by atoms with Gasteiger partial charge in [-0.05, 0) is 0 Å². The molecule has 9 aromatic carbocycles. The van der Waals surface area contributed by atoms with Crippen molar-refractivity contribution < 1.29 is 4.42 Å². The Morgan fingerprint density at radius 2 is 0.950 bits per heavy atom. The van der Waals surface area contributed by atoms with Crippen LogP contribution in [0.25, 0.3) is 98.7 Å². The Labute approximate surface area is 358 Å². The Balaban J connectivity index is 1.33. The van der Waals surface area contributed by atoms with Crippen LogP contribution < -0.4 is 21.9 Å². The van der Waals surface area contributed by atoms with E-state index in [1.54, 1.807) is 0 Å². The molecule has 0 aliphatic carbocycles. The summed E-state index contributed by atoms with van der Waals surface area (Å²) in [6.07, 6.45) is 0. The fourth-order valence-electron chi connectivity index (χ4n) is 8.83. The first-order chi connectivity index (χ1) is 29.1. The molecule has 0 saturated carbocycles. The van der Waals surface area contributed by atoms with Gasteiger partial charge in [0.05, 0.1) is 0 Å². The molecule has 0 aliphatic rings. The third-order valence-electron chi connectivity index (χ3n) is 12.0. The van der Waals surface area contributed by atoms with Gasteiger partial charge in [-0.25, -0.2) is 0 Å². The van der Waals surface area contributed by atoms with Gasteiger partial charge in [0.1, 0.15) is 0 Å². The van der Waals surface area contributed by atoms with Crippen LogP contribution in [-0.2, 0) is 0 Å². The standard InChI is InChI=1S/C52H28B7O/c1-27(28-9-3-2-4-10-28)47(53)45-42(36-21-22-39-37(25-36)38-24-33-13-7-8-14-34(33)26-40(38)60-39)44-43(48(54)50(56)51(57)49(44)55)41(46(45)52(58)59)31-18-15-30(16-19-31)35-20-17-29-11-5-6-12-32(29)23-35/h2-26H,1H3/b47-27-. The number of hydrogen-bond donors (Lipinski definition) is 0. The summed E-state index contributed by atoms with van der Waals surface area (Å²) < 4.78 is 6.43. The van der Waals surface area contributed by atoms with Gasteiger partial charge in [-0.15, -0.1) is 0 Å². The van der Waals surface area contributed by atoms with E-state index in [-0.39, 0.29) is 27.2 Å².